The molecule has 3 aliphatic rings. The Bertz CT molecular complexity index is 1050. The van der Waals surface area contributed by atoms with Gasteiger partial charge in [0.1, 0.15) is 36.8 Å². The minimum absolute atomic E-state index is 0.457. The molecule has 0 unspecified atom stereocenters. The zero-order chi connectivity index (χ0) is 16.6. The molecule has 0 saturated heterocycles. The van der Waals surface area contributed by atoms with Gasteiger partial charge in [-0.3, -0.25) is 0 Å². The Balaban J connectivity index is 1.70. The summed E-state index contributed by atoms with van der Waals surface area (Å²) in [4.78, 5) is 4.65. The number of ether oxygens (including phenoxy) is 3. The SMILES string of the molecule is Clc1cccc2c1[C@@]1(COc3cc4c(cc31)OCCO4)c1nccn1-2. The lowest BCUT2D eigenvalue weighted by atomic mass is 9.76. The molecule has 0 aliphatic carbocycles. The van der Waals surface area contributed by atoms with Crippen molar-refractivity contribution in [3.05, 3.63) is 64.7 Å². The topological polar surface area (TPSA) is 45.5 Å². The van der Waals surface area contributed by atoms with Crippen LogP contribution >= 0.6 is 11.6 Å². The van der Waals surface area contributed by atoms with Crippen molar-refractivity contribution in [1.29, 1.82) is 0 Å². The van der Waals surface area contributed by atoms with E-state index in [-0.39, 0.29) is 0 Å². The van der Waals surface area contributed by atoms with E-state index in [1.165, 1.54) is 0 Å². The van der Waals surface area contributed by atoms with Crippen LogP contribution in [0.15, 0.2) is 42.7 Å². The molecule has 0 N–H and O–H groups in total. The maximum absolute atomic E-state index is 6.64. The molecule has 4 heterocycles. The normalized spacial score (nSPS) is 21.6. The van der Waals surface area contributed by atoms with Crippen LogP contribution < -0.4 is 14.2 Å². The zero-order valence-electron chi connectivity index (χ0n) is 13.2. The maximum atomic E-state index is 6.64. The first-order valence-electron chi connectivity index (χ1n) is 8.19. The molecule has 1 spiro atoms. The standard InChI is InChI=1S/C19H13ClN2O3/c20-12-2-1-3-13-17(12)19(18-21-4-5-22(13)18)10-25-14-9-16-15(8-11(14)19)23-6-7-24-16/h1-5,8-9H,6-7,10H2/t19-/m0/s1. The van der Waals surface area contributed by atoms with Crippen LogP contribution in [0.3, 0.4) is 0 Å². The summed E-state index contributed by atoms with van der Waals surface area (Å²) in [6.45, 7) is 1.56. The van der Waals surface area contributed by atoms with Crippen LogP contribution in [0.5, 0.6) is 17.2 Å². The van der Waals surface area contributed by atoms with Crippen LogP contribution in [0.2, 0.25) is 5.02 Å². The Kier molecular flexibility index (Phi) is 2.44. The first-order valence-corrected chi connectivity index (χ1v) is 8.57. The van der Waals surface area contributed by atoms with E-state index >= 15 is 0 Å². The first-order chi connectivity index (χ1) is 12.3. The summed E-state index contributed by atoms with van der Waals surface area (Å²) in [6.07, 6.45) is 3.78. The molecule has 1 aromatic heterocycles. The lowest BCUT2D eigenvalue weighted by Crippen LogP contribution is -2.30. The van der Waals surface area contributed by atoms with Gasteiger partial charge < -0.3 is 18.8 Å². The van der Waals surface area contributed by atoms with Gasteiger partial charge in [0.15, 0.2) is 11.5 Å². The number of imidazole rings is 1. The Morgan fingerprint density at radius 3 is 2.76 bits per heavy atom. The fourth-order valence-electron chi connectivity index (χ4n) is 4.24. The number of halogens is 1. The second-order valence-electron chi connectivity index (χ2n) is 6.44. The minimum Gasteiger partial charge on any atom is -0.491 e. The van der Waals surface area contributed by atoms with Crippen molar-refractivity contribution in [3.63, 3.8) is 0 Å². The van der Waals surface area contributed by atoms with Crippen LogP contribution in [-0.4, -0.2) is 29.4 Å². The third-order valence-electron chi connectivity index (χ3n) is 5.25. The summed E-state index contributed by atoms with van der Waals surface area (Å²) in [6, 6.07) is 9.89. The highest BCUT2D eigenvalue weighted by Gasteiger charge is 2.54. The van der Waals surface area contributed by atoms with Gasteiger partial charge in [0, 0.05) is 34.6 Å². The van der Waals surface area contributed by atoms with Gasteiger partial charge in [-0.05, 0) is 18.2 Å². The predicted molar refractivity (Wildman–Crippen MR) is 91.4 cm³/mol. The Labute approximate surface area is 148 Å². The number of aromatic nitrogens is 2. The molecule has 2 aromatic carbocycles. The molecule has 124 valence electrons. The van der Waals surface area contributed by atoms with Gasteiger partial charge in [-0.15, -0.1) is 0 Å². The van der Waals surface area contributed by atoms with Gasteiger partial charge in [0.2, 0.25) is 0 Å². The van der Waals surface area contributed by atoms with Crippen LogP contribution in [0.4, 0.5) is 0 Å². The van der Waals surface area contributed by atoms with Crippen LogP contribution in [-0.2, 0) is 5.41 Å². The average molecular weight is 353 g/mol. The molecule has 3 aromatic rings. The molecule has 1 atom stereocenters. The lowest BCUT2D eigenvalue weighted by Gasteiger charge is -2.25. The summed E-state index contributed by atoms with van der Waals surface area (Å²) in [5.74, 6) is 3.19. The highest BCUT2D eigenvalue weighted by atomic mass is 35.5. The highest BCUT2D eigenvalue weighted by molar-refractivity contribution is 6.32. The molecule has 6 heteroatoms. The summed E-state index contributed by atoms with van der Waals surface area (Å²) in [5.41, 5.74) is 2.58. The van der Waals surface area contributed by atoms with E-state index in [4.69, 9.17) is 25.8 Å². The summed E-state index contributed by atoms with van der Waals surface area (Å²) in [5, 5.41) is 0.717. The highest BCUT2D eigenvalue weighted by Crippen LogP contribution is 2.56. The fraction of sp³-hybridized carbons (Fsp3) is 0.211. The van der Waals surface area contributed by atoms with Crippen molar-refractivity contribution >= 4 is 11.6 Å². The molecule has 6 rings (SSSR count). The summed E-state index contributed by atoms with van der Waals surface area (Å²) in [7, 11) is 0. The van der Waals surface area contributed by atoms with E-state index in [0.29, 0.717) is 24.8 Å². The quantitative estimate of drug-likeness (QED) is 0.622. The van der Waals surface area contributed by atoms with E-state index in [0.717, 1.165) is 39.9 Å². The fourth-order valence-corrected chi connectivity index (χ4v) is 4.57. The molecule has 3 aliphatic heterocycles. The second kappa shape index (κ2) is 4.49. The van der Waals surface area contributed by atoms with Crippen LogP contribution in [0, 0.1) is 0 Å². The molecule has 5 nitrogen and oxygen atoms in total. The van der Waals surface area contributed by atoms with Crippen molar-refractivity contribution in [2.24, 2.45) is 0 Å². The van der Waals surface area contributed by atoms with Gasteiger partial charge in [-0.2, -0.15) is 0 Å². The maximum Gasteiger partial charge on any atom is 0.165 e. The van der Waals surface area contributed by atoms with E-state index in [9.17, 15) is 0 Å². The first kappa shape index (κ1) is 13.6. The molecular formula is C19H13ClN2O3. The molecule has 0 fully saturated rings. The second-order valence-corrected chi connectivity index (χ2v) is 6.85. The average Bonchev–Trinajstić information content (AvgIpc) is 3.30. The zero-order valence-corrected chi connectivity index (χ0v) is 13.9. The minimum atomic E-state index is -0.525. The Morgan fingerprint density at radius 1 is 1.04 bits per heavy atom. The number of hydrogen-bond donors (Lipinski definition) is 0. The number of rotatable bonds is 0. The van der Waals surface area contributed by atoms with E-state index in [1.54, 1.807) is 0 Å². The molecule has 0 saturated carbocycles. The lowest BCUT2D eigenvalue weighted by molar-refractivity contribution is 0.171. The Morgan fingerprint density at radius 2 is 1.88 bits per heavy atom. The molecule has 25 heavy (non-hydrogen) atoms. The van der Waals surface area contributed by atoms with Crippen molar-refractivity contribution in [2.75, 3.05) is 19.8 Å². The van der Waals surface area contributed by atoms with Gasteiger partial charge in [-0.25, -0.2) is 4.98 Å². The summed E-state index contributed by atoms with van der Waals surface area (Å²) >= 11 is 6.64. The van der Waals surface area contributed by atoms with Crippen molar-refractivity contribution in [2.45, 2.75) is 5.41 Å². The van der Waals surface area contributed by atoms with E-state index in [1.807, 2.05) is 36.7 Å². The van der Waals surface area contributed by atoms with Crippen molar-refractivity contribution in [3.8, 4) is 22.9 Å². The monoisotopic (exact) mass is 352 g/mol. The van der Waals surface area contributed by atoms with Crippen LogP contribution in [0.1, 0.15) is 17.0 Å². The van der Waals surface area contributed by atoms with Gasteiger partial charge in [-0.1, -0.05) is 17.7 Å². The predicted octanol–water partition coefficient (Wildman–Crippen LogP) is 3.34. The number of benzene rings is 2. The van der Waals surface area contributed by atoms with E-state index in [2.05, 4.69) is 15.6 Å². The smallest absolute Gasteiger partial charge is 0.165 e. The van der Waals surface area contributed by atoms with Crippen molar-refractivity contribution in [1.82, 2.24) is 9.55 Å². The van der Waals surface area contributed by atoms with Crippen LogP contribution in [0.25, 0.3) is 5.69 Å². The molecule has 0 radical (unpaired) electrons. The Hall–Kier alpha value is -2.66. The van der Waals surface area contributed by atoms with Gasteiger partial charge in [0.25, 0.3) is 0 Å². The van der Waals surface area contributed by atoms with Crippen molar-refractivity contribution < 1.29 is 14.2 Å². The van der Waals surface area contributed by atoms with Gasteiger partial charge >= 0.3 is 0 Å². The third-order valence-corrected chi connectivity index (χ3v) is 5.56. The largest absolute Gasteiger partial charge is 0.491 e. The number of fused-ring (bicyclic) bond motifs is 8. The number of nitrogens with zero attached hydrogens (tertiary/aromatic N) is 2. The molecule has 0 bridgehead atoms. The van der Waals surface area contributed by atoms with Gasteiger partial charge in [0.05, 0.1) is 5.69 Å². The summed E-state index contributed by atoms with van der Waals surface area (Å²) < 4.78 is 19.7. The molecular weight excluding hydrogens is 340 g/mol. The number of hydrogen-bond acceptors (Lipinski definition) is 4. The van der Waals surface area contributed by atoms with E-state index < -0.39 is 5.41 Å². The third kappa shape index (κ3) is 1.53. The molecule has 0 amide bonds.